The summed E-state index contributed by atoms with van der Waals surface area (Å²) in [5, 5.41) is 3.41. The highest BCUT2D eigenvalue weighted by molar-refractivity contribution is 5.93. The maximum absolute atomic E-state index is 11.6. The van der Waals surface area contributed by atoms with Crippen LogP contribution in [0.15, 0.2) is 12.1 Å². The van der Waals surface area contributed by atoms with Crippen LogP contribution < -0.4 is 5.32 Å². The average Bonchev–Trinajstić information content (AvgIpc) is 2.90. The molecule has 2 fully saturated rings. The molecule has 2 atom stereocenters. The van der Waals surface area contributed by atoms with E-state index in [0.29, 0.717) is 18.2 Å². The maximum Gasteiger partial charge on any atom is 0.338 e. The molecule has 3 aliphatic rings. The molecule has 0 spiro atoms. The SMILES string of the molecule is Cc1c([C@H]2CN3CCNCC3CO2)ccc2c1COC2=O. The predicted molar refractivity (Wildman–Crippen MR) is 77.2 cm³/mol. The highest BCUT2D eigenvalue weighted by atomic mass is 16.5. The number of benzene rings is 1. The molecular formula is C16H20N2O3. The second kappa shape index (κ2) is 5.09. The average molecular weight is 288 g/mol. The zero-order valence-corrected chi connectivity index (χ0v) is 12.2. The van der Waals surface area contributed by atoms with Crippen LogP contribution in [-0.4, -0.2) is 49.7 Å². The van der Waals surface area contributed by atoms with Gasteiger partial charge < -0.3 is 14.8 Å². The Hall–Kier alpha value is -1.43. The number of cyclic esters (lactones) is 1. The van der Waals surface area contributed by atoms with Crippen molar-refractivity contribution in [2.45, 2.75) is 25.7 Å². The quantitative estimate of drug-likeness (QED) is 0.782. The lowest BCUT2D eigenvalue weighted by Gasteiger charge is -2.43. The van der Waals surface area contributed by atoms with Gasteiger partial charge in [-0.1, -0.05) is 6.07 Å². The van der Waals surface area contributed by atoms with E-state index in [-0.39, 0.29) is 12.1 Å². The molecule has 0 saturated carbocycles. The highest BCUT2D eigenvalue weighted by Crippen LogP contribution is 2.33. The number of morpholine rings is 1. The Bertz CT molecular complexity index is 587. The number of esters is 1. The third kappa shape index (κ3) is 2.16. The number of rotatable bonds is 1. The first kappa shape index (κ1) is 13.2. The number of carbonyl (C=O) groups is 1. The molecule has 5 nitrogen and oxygen atoms in total. The van der Waals surface area contributed by atoms with E-state index < -0.39 is 0 Å². The monoisotopic (exact) mass is 288 g/mol. The van der Waals surface area contributed by atoms with E-state index in [2.05, 4.69) is 17.1 Å². The van der Waals surface area contributed by atoms with Gasteiger partial charge in [0.1, 0.15) is 6.61 Å². The van der Waals surface area contributed by atoms with Crippen molar-refractivity contribution in [3.63, 3.8) is 0 Å². The Morgan fingerprint density at radius 3 is 3.19 bits per heavy atom. The number of nitrogens with one attached hydrogen (secondary N) is 1. The van der Waals surface area contributed by atoms with Gasteiger partial charge >= 0.3 is 5.97 Å². The number of piperazine rings is 1. The summed E-state index contributed by atoms with van der Waals surface area (Å²) in [4.78, 5) is 14.1. The third-order valence-electron chi connectivity index (χ3n) is 4.92. The van der Waals surface area contributed by atoms with Gasteiger partial charge in [0.2, 0.25) is 0 Å². The summed E-state index contributed by atoms with van der Waals surface area (Å²) in [6.45, 7) is 7.31. The molecule has 4 rings (SSSR count). The minimum Gasteiger partial charge on any atom is -0.457 e. The zero-order chi connectivity index (χ0) is 14.4. The van der Waals surface area contributed by atoms with E-state index in [4.69, 9.17) is 9.47 Å². The Morgan fingerprint density at radius 2 is 2.29 bits per heavy atom. The molecule has 112 valence electrons. The largest absolute Gasteiger partial charge is 0.457 e. The van der Waals surface area contributed by atoms with Crippen LogP contribution in [-0.2, 0) is 16.1 Å². The lowest BCUT2D eigenvalue weighted by molar-refractivity contribution is -0.0720. The predicted octanol–water partition coefficient (Wildman–Crippen LogP) is 1.01. The molecule has 0 aliphatic carbocycles. The molecule has 2 saturated heterocycles. The fourth-order valence-corrected chi connectivity index (χ4v) is 3.61. The minimum absolute atomic E-state index is 0.0975. The Balaban J connectivity index is 1.61. The molecule has 3 aliphatic heterocycles. The molecule has 3 heterocycles. The van der Waals surface area contributed by atoms with Crippen molar-refractivity contribution in [3.8, 4) is 0 Å². The molecule has 21 heavy (non-hydrogen) atoms. The van der Waals surface area contributed by atoms with Crippen molar-refractivity contribution in [2.75, 3.05) is 32.8 Å². The van der Waals surface area contributed by atoms with Crippen LogP contribution in [0.4, 0.5) is 0 Å². The van der Waals surface area contributed by atoms with Crippen LogP contribution in [0, 0.1) is 6.92 Å². The van der Waals surface area contributed by atoms with Gasteiger partial charge in [-0.2, -0.15) is 0 Å². The van der Waals surface area contributed by atoms with E-state index in [1.807, 2.05) is 12.1 Å². The maximum atomic E-state index is 11.6. The molecule has 1 unspecified atom stereocenters. The standard InChI is InChI=1S/C16H20N2O3/c1-10-12(2-3-13-14(10)9-21-16(13)19)15-7-18-5-4-17-6-11(18)8-20-15/h2-3,11,15,17H,4-9H2,1H3/t11?,15-/m1/s1. The first-order valence-electron chi connectivity index (χ1n) is 7.60. The van der Waals surface area contributed by atoms with Crippen LogP contribution in [0.5, 0.6) is 0 Å². The first-order chi connectivity index (χ1) is 10.2. The van der Waals surface area contributed by atoms with Gasteiger partial charge in [-0.15, -0.1) is 0 Å². The first-order valence-corrected chi connectivity index (χ1v) is 7.60. The van der Waals surface area contributed by atoms with Gasteiger partial charge in [0.15, 0.2) is 0 Å². The Labute approximate surface area is 124 Å². The van der Waals surface area contributed by atoms with Crippen molar-refractivity contribution in [3.05, 3.63) is 34.4 Å². The van der Waals surface area contributed by atoms with Crippen molar-refractivity contribution >= 4 is 5.97 Å². The number of nitrogens with zero attached hydrogens (tertiary/aromatic N) is 1. The molecule has 1 aromatic carbocycles. The lowest BCUT2D eigenvalue weighted by Crippen LogP contribution is -2.57. The van der Waals surface area contributed by atoms with Gasteiger partial charge in [-0.25, -0.2) is 4.79 Å². The van der Waals surface area contributed by atoms with Crippen LogP contribution in [0.25, 0.3) is 0 Å². The molecule has 5 heteroatoms. The molecule has 0 radical (unpaired) electrons. The molecule has 0 aromatic heterocycles. The van der Waals surface area contributed by atoms with Gasteiger partial charge in [0, 0.05) is 37.8 Å². The summed E-state index contributed by atoms with van der Waals surface area (Å²) in [6, 6.07) is 4.42. The number of hydrogen-bond acceptors (Lipinski definition) is 5. The van der Waals surface area contributed by atoms with Crippen LogP contribution in [0.2, 0.25) is 0 Å². The summed E-state index contributed by atoms with van der Waals surface area (Å²) in [6.07, 6.45) is 0.0975. The van der Waals surface area contributed by atoms with Crippen molar-refractivity contribution < 1.29 is 14.3 Å². The minimum atomic E-state index is -0.202. The fraction of sp³-hybridized carbons (Fsp3) is 0.562. The molecule has 1 aromatic rings. The molecule has 0 amide bonds. The fourth-order valence-electron chi connectivity index (χ4n) is 3.61. The second-order valence-corrected chi connectivity index (χ2v) is 6.06. The number of fused-ring (bicyclic) bond motifs is 2. The van der Waals surface area contributed by atoms with Crippen LogP contribution >= 0.6 is 0 Å². The van der Waals surface area contributed by atoms with Gasteiger partial charge in [0.05, 0.1) is 18.3 Å². The van der Waals surface area contributed by atoms with E-state index in [9.17, 15) is 4.79 Å². The summed E-state index contributed by atoms with van der Waals surface area (Å²) in [7, 11) is 0. The Kier molecular flexibility index (Phi) is 3.21. The summed E-state index contributed by atoms with van der Waals surface area (Å²) in [5.74, 6) is -0.202. The lowest BCUT2D eigenvalue weighted by atomic mass is 9.94. The Morgan fingerprint density at radius 1 is 1.38 bits per heavy atom. The second-order valence-electron chi connectivity index (χ2n) is 6.06. The number of hydrogen-bond donors (Lipinski definition) is 1. The summed E-state index contributed by atoms with van der Waals surface area (Å²) in [5.41, 5.74) is 4.09. The molecule has 1 N–H and O–H groups in total. The summed E-state index contributed by atoms with van der Waals surface area (Å²) < 4.78 is 11.2. The van der Waals surface area contributed by atoms with E-state index in [1.54, 1.807) is 0 Å². The molecule has 0 bridgehead atoms. The van der Waals surface area contributed by atoms with Crippen molar-refractivity contribution in [2.24, 2.45) is 0 Å². The van der Waals surface area contributed by atoms with Gasteiger partial charge in [-0.05, 0) is 24.1 Å². The highest BCUT2D eigenvalue weighted by Gasteiger charge is 2.33. The van der Waals surface area contributed by atoms with Crippen molar-refractivity contribution in [1.82, 2.24) is 10.2 Å². The number of carbonyl (C=O) groups excluding carboxylic acids is 1. The summed E-state index contributed by atoms with van der Waals surface area (Å²) >= 11 is 0. The van der Waals surface area contributed by atoms with E-state index in [0.717, 1.165) is 43.9 Å². The van der Waals surface area contributed by atoms with Crippen molar-refractivity contribution in [1.29, 1.82) is 0 Å². The van der Waals surface area contributed by atoms with E-state index >= 15 is 0 Å². The molecular weight excluding hydrogens is 268 g/mol. The third-order valence-corrected chi connectivity index (χ3v) is 4.92. The van der Waals surface area contributed by atoms with Gasteiger partial charge in [-0.3, -0.25) is 4.90 Å². The van der Waals surface area contributed by atoms with Gasteiger partial charge in [0.25, 0.3) is 0 Å². The van der Waals surface area contributed by atoms with Crippen LogP contribution in [0.1, 0.15) is 33.2 Å². The smallest absolute Gasteiger partial charge is 0.338 e. The zero-order valence-electron chi connectivity index (χ0n) is 12.2. The van der Waals surface area contributed by atoms with Crippen LogP contribution in [0.3, 0.4) is 0 Å². The number of ether oxygens (including phenoxy) is 2. The normalized spacial score (nSPS) is 28.9. The topological polar surface area (TPSA) is 50.8 Å². The van der Waals surface area contributed by atoms with E-state index in [1.165, 1.54) is 5.56 Å².